The van der Waals surface area contributed by atoms with Crippen molar-refractivity contribution >= 4 is 12.6 Å². The van der Waals surface area contributed by atoms with Crippen LogP contribution in [0.25, 0.3) is 0 Å². The first-order chi connectivity index (χ1) is 8.74. The van der Waals surface area contributed by atoms with Crippen molar-refractivity contribution in [3.05, 3.63) is 29.6 Å². The van der Waals surface area contributed by atoms with Crippen LogP contribution in [0.3, 0.4) is 0 Å². The van der Waals surface area contributed by atoms with Crippen molar-refractivity contribution in [3.63, 3.8) is 0 Å². The normalized spacial score (nSPS) is 15.1. The zero-order valence-electron chi connectivity index (χ0n) is 9.56. The maximum absolute atomic E-state index is 13.4. The highest BCUT2D eigenvalue weighted by molar-refractivity contribution is 7.80. The van der Waals surface area contributed by atoms with Crippen LogP contribution in [-0.2, 0) is 0 Å². The van der Waals surface area contributed by atoms with Gasteiger partial charge in [-0.2, -0.15) is 12.6 Å². The summed E-state index contributed by atoms with van der Waals surface area (Å²) in [6.45, 7) is 0. The van der Waals surface area contributed by atoms with E-state index < -0.39 is 35.7 Å². The number of aliphatic hydroxyl groups excluding tert-OH is 2. The Labute approximate surface area is 112 Å². The molecule has 0 fully saturated rings. The average molecular weight is 300 g/mol. The van der Waals surface area contributed by atoms with E-state index in [1.165, 1.54) is 0 Å². The number of hydrogen-bond acceptors (Lipinski definition) is 4. The molecule has 0 bridgehead atoms. The van der Waals surface area contributed by atoms with Crippen LogP contribution >= 0.6 is 12.6 Å². The molecule has 19 heavy (non-hydrogen) atoms. The molecule has 2 N–H and O–H groups in total. The lowest BCUT2D eigenvalue weighted by molar-refractivity contribution is -0.274. The minimum Gasteiger partial charge on any atom is -0.406 e. The quantitative estimate of drug-likeness (QED) is 0.578. The predicted molar refractivity (Wildman–Crippen MR) is 62.5 cm³/mol. The Bertz CT molecular complexity index is 425. The molecule has 0 radical (unpaired) electrons. The molecule has 1 aromatic rings. The Morgan fingerprint density at radius 3 is 2.42 bits per heavy atom. The summed E-state index contributed by atoms with van der Waals surface area (Å²) in [6.07, 6.45) is -7.82. The summed E-state index contributed by atoms with van der Waals surface area (Å²) in [5, 5.41) is 19.2. The third-order valence-corrected chi connectivity index (χ3v) is 2.57. The van der Waals surface area contributed by atoms with Crippen LogP contribution in [-0.4, -0.2) is 28.4 Å². The second-order valence-electron chi connectivity index (χ2n) is 3.76. The van der Waals surface area contributed by atoms with Crippen LogP contribution in [0.15, 0.2) is 18.2 Å². The van der Waals surface area contributed by atoms with Crippen molar-refractivity contribution in [2.75, 3.05) is 5.75 Å². The van der Waals surface area contributed by atoms with Gasteiger partial charge in [0, 0.05) is 5.56 Å². The van der Waals surface area contributed by atoms with E-state index in [4.69, 9.17) is 0 Å². The fourth-order valence-electron chi connectivity index (χ4n) is 1.44. The first-order valence-corrected chi connectivity index (χ1v) is 5.90. The molecule has 0 amide bonds. The molecule has 0 aromatic heterocycles. The predicted octanol–water partition coefficient (Wildman–Crippen LogP) is 2.44. The molecule has 2 atom stereocenters. The number of thiol groups is 1. The van der Waals surface area contributed by atoms with Crippen LogP contribution < -0.4 is 4.74 Å². The number of ether oxygens (including phenoxy) is 1. The molecule has 0 saturated carbocycles. The molecule has 0 aliphatic heterocycles. The first kappa shape index (κ1) is 16.1. The largest absolute Gasteiger partial charge is 0.573 e. The summed E-state index contributed by atoms with van der Waals surface area (Å²) in [5.74, 6) is -1.36. The van der Waals surface area contributed by atoms with Gasteiger partial charge in [-0.25, -0.2) is 4.39 Å². The standard InChI is InChI=1S/C11H12F4O3S/c12-8-2-1-6(18-11(13,14)15)5-7(8)10(17)9(16)3-4-19/h1-2,5,9-10,16-17,19H,3-4H2. The van der Waals surface area contributed by atoms with Crippen LogP contribution in [0.1, 0.15) is 18.1 Å². The van der Waals surface area contributed by atoms with Gasteiger partial charge in [0.2, 0.25) is 0 Å². The van der Waals surface area contributed by atoms with Gasteiger partial charge in [-0.15, -0.1) is 13.2 Å². The van der Waals surface area contributed by atoms with Gasteiger partial charge in [0.1, 0.15) is 17.7 Å². The van der Waals surface area contributed by atoms with Crippen LogP contribution in [0.5, 0.6) is 5.75 Å². The number of hydrogen-bond donors (Lipinski definition) is 3. The van der Waals surface area contributed by atoms with Gasteiger partial charge in [-0.3, -0.25) is 0 Å². The van der Waals surface area contributed by atoms with Gasteiger partial charge in [-0.05, 0) is 30.4 Å². The van der Waals surface area contributed by atoms with Crippen LogP contribution in [0, 0.1) is 5.82 Å². The second kappa shape index (κ2) is 6.44. The number of alkyl halides is 3. The summed E-state index contributed by atoms with van der Waals surface area (Å²) in [5.41, 5.74) is -0.462. The summed E-state index contributed by atoms with van der Waals surface area (Å²) >= 11 is 3.83. The lowest BCUT2D eigenvalue weighted by Crippen LogP contribution is -2.21. The zero-order valence-corrected chi connectivity index (χ0v) is 10.5. The molecule has 1 rings (SSSR count). The fourth-order valence-corrected chi connectivity index (χ4v) is 1.71. The number of benzene rings is 1. The highest BCUT2D eigenvalue weighted by Gasteiger charge is 2.32. The van der Waals surface area contributed by atoms with E-state index in [2.05, 4.69) is 17.4 Å². The minimum absolute atomic E-state index is 0.0636. The van der Waals surface area contributed by atoms with Gasteiger partial charge in [-0.1, -0.05) is 0 Å². The number of halogens is 4. The minimum atomic E-state index is -4.91. The van der Waals surface area contributed by atoms with E-state index in [1.807, 2.05) is 0 Å². The molecule has 0 aliphatic rings. The van der Waals surface area contributed by atoms with Crippen LogP contribution in [0.2, 0.25) is 0 Å². The molecular weight excluding hydrogens is 288 g/mol. The Morgan fingerprint density at radius 1 is 1.26 bits per heavy atom. The molecule has 108 valence electrons. The van der Waals surface area contributed by atoms with Gasteiger partial charge < -0.3 is 14.9 Å². The maximum atomic E-state index is 13.4. The Morgan fingerprint density at radius 2 is 1.89 bits per heavy atom. The van der Waals surface area contributed by atoms with E-state index >= 15 is 0 Å². The van der Waals surface area contributed by atoms with Gasteiger partial charge in [0.15, 0.2) is 0 Å². The highest BCUT2D eigenvalue weighted by Crippen LogP contribution is 2.29. The van der Waals surface area contributed by atoms with Crippen molar-refractivity contribution in [1.82, 2.24) is 0 Å². The summed E-state index contributed by atoms with van der Waals surface area (Å²) in [6, 6.07) is 2.21. The number of rotatable bonds is 5. The smallest absolute Gasteiger partial charge is 0.406 e. The monoisotopic (exact) mass is 300 g/mol. The molecule has 0 aliphatic carbocycles. The molecule has 0 saturated heterocycles. The second-order valence-corrected chi connectivity index (χ2v) is 4.20. The SMILES string of the molecule is OC(CCS)C(O)c1cc(OC(F)(F)F)ccc1F. The van der Waals surface area contributed by atoms with Crippen molar-refractivity contribution in [2.45, 2.75) is 25.0 Å². The molecule has 0 heterocycles. The van der Waals surface area contributed by atoms with E-state index in [0.29, 0.717) is 6.07 Å². The first-order valence-electron chi connectivity index (χ1n) is 5.27. The fraction of sp³-hybridized carbons (Fsp3) is 0.455. The van der Waals surface area contributed by atoms with E-state index in [9.17, 15) is 27.8 Å². The van der Waals surface area contributed by atoms with Crippen molar-refractivity contribution < 1.29 is 32.5 Å². The molecular formula is C11H12F4O3S. The Balaban J connectivity index is 2.96. The third-order valence-electron chi connectivity index (χ3n) is 2.31. The molecule has 2 unspecified atom stereocenters. The van der Waals surface area contributed by atoms with Crippen molar-refractivity contribution in [3.8, 4) is 5.75 Å². The van der Waals surface area contributed by atoms with E-state index in [0.717, 1.165) is 12.1 Å². The van der Waals surface area contributed by atoms with Gasteiger partial charge >= 0.3 is 6.36 Å². The number of aliphatic hydroxyl groups is 2. The third kappa shape index (κ3) is 4.88. The van der Waals surface area contributed by atoms with Crippen LogP contribution in [0.4, 0.5) is 17.6 Å². The molecule has 1 aromatic carbocycles. The lowest BCUT2D eigenvalue weighted by Gasteiger charge is -2.19. The molecule has 8 heteroatoms. The zero-order chi connectivity index (χ0) is 14.6. The van der Waals surface area contributed by atoms with Crippen molar-refractivity contribution in [1.29, 1.82) is 0 Å². The van der Waals surface area contributed by atoms with Crippen molar-refractivity contribution in [2.24, 2.45) is 0 Å². The highest BCUT2D eigenvalue weighted by atomic mass is 32.1. The Kier molecular flexibility index (Phi) is 5.45. The summed E-state index contributed by atoms with van der Waals surface area (Å²) in [7, 11) is 0. The summed E-state index contributed by atoms with van der Waals surface area (Å²) < 4.78 is 53.1. The summed E-state index contributed by atoms with van der Waals surface area (Å²) in [4.78, 5) is 0. The van der Waals surface area contributed by atoms with Gasteiger partial charge in [0.25, 0.3) is 0 Å². The van der Waals surface area contributed by atoms with E-state index in [1.54, 1.807) is 0 Å². The van der Waals surface area contributed by atoms with Gasteiger partial charge in [0.05, 0.1) is 6.10 Å². The average Bonchev–Trinajstić information content (AvgIpc) is 2.29. The topological polar surface area (TPSA) is 49.7 Å². The van der Waals surface area contributed by atoms with E-state index in [-0.39, 0.29) is 12.2 Å². The molecule has 3 nitrogen and oxygen atoms in total. The maximum Gasteiger partial charge on any atom is 0.573 e. The Hall–Kier alpha value is -0.990. The lowest BCUT2D eigenvalue weighted by atomic mass is 10.0. The molecule has 0 spiro atoms.